The number of imide groups is 1. The van der Waals surface area contributed by atoms with Crippen LogP contribution in [0.2, 0.25) is 0 Å². The average molecular weight is 450 g/mol. The lowest BCUT2D eigenvalue weighted by molar-refractivity contribution is -0.133. The molecule has 3 N–H and O–H groups in total. The molecule has 5 rings (SSSR count). The van der Waals surface area contributed by atoms with E-state index in [1.807, 2.05) is 0 Å². The van der Waals surface area contributed by atoms with Gasteiger partial charge in [0.15, 0.2) is 11.5 Å². The molecule has 0 spiro atoms. The van der Waals surface area contributed by atoms with E-state index >= 15 is 0 Å². The minimum absolute atomic E-state index is 0.0888. The van der Waals surface area contributed by atoms with E-state index in [1.165, 1.54) is 0 Å². The number of fused-ring (bicyclic) bond motifs is 1. The summed E-state index contributed by atoms with van der Waals surface area (Å²) in [6.45, 7) is 1.19. The van der Waals surface area contributed by atoms with E-state index in [1.54, 1.807) is 49.4 Å². The molecule has 2 aromatic rings. The van der Waals surface area contributed by atoms with Crippen LogP contribution in [0.25, 0.3) is 0 Å². The van der Waals surface area contributed by atoms with Crippen molar-refractivity contribution in [3.63, 3.8) is 0 Å². The first-order valence-electron chi connectivity index (χ1n) is 10.6. The fourth-order valence-electron chi connectivity index (χ4n) is 3.82. The predicted octanol–water partition coefficient (Wildman–Crippen LogP) is 1.71. The number of anilines is 1. The van der Waals surface area contributed by atoms with Crippen molar-refractivity contribution in [2.75, 3.05) is 18.7 Å². The summed E-state index contributed by atoms with van der Waals surface area (Å²) < 4.78 is 10.7. The number of nitrogens with one attached hydrogen (secondary N) is 3. The number of carbonyl (C=O) groups is 4. The Labute approximate surface area is 189 Å². The summed E-state index contributed by atoms with van der Waals surface area (Å²) in [5, 5.41) is 8.20. The Hall–Kier alpha value is -4.08. The number of hydrogen-bond donors (Lipinski definition) is 3. The molecule has 2 aromatic carbocycles. The second-order valence-electron chi connectivity index (χ2n) is 8.39. The lowest BCUT2D eigenvalue weighted by Gasteiger charge is -2.22. The zero-order valence-corrected chi connectivity index (χ0v) is 17.8. The van der Waals surface area contributed by atoms with Crippen LogP contribution in [0.4, 0.5) is 10.5 Å². The molecular weight excluding hydrogens is 428 g/mol. The van der Waals surface area contributed by atoms with Crippen LogP contribution in [0.1, 0.15) is 35.7 Å². The summed E-state index contributed by atoms with van der Waals surface area (Å²) in [4.78, 5) is 51.4. The van der Waals surface area contributed by atoms with E-state index in [4.69, 9.17) is 9.47 Å². The van der Waals surface area contributed by atoms with E-state index < -0.39 is 29.9 Å². The Morgan fingerprint density at radius 1 is 1.12 bits per heavy atom. The summed E-state index contributed by atoms with van der Waals surface area (Å²) >= 11 is 0. The van der Waals surface area contributed by atoms with Gasteiger partial charge in [-0.3, -0.25) is 19.3 Å². The molecule has 33 heavy (non-hydrogen) atoms. The van der Waals surface area contributed by atoms with Gasteiger partial charge < -0.3 is 25.4 Å². The van der Waals surface area contributed by atoms with Gasteiger partial charge in [-0.2, -0.15) is 0 Å². The molecule has 1 saturated carbocycles. The van der Waals surface area contributed by atoms with Crippen molar-refractivity contribution >= 4 is 29.4 Å². The minimum Gasteiger partial charge on any atom is -0.454 e. The summed E-state index contributed by atoms with van der Waals surface area (Å²) in [6, 6.07) is 11.0. The monoisotopic (exact) mass is 450 g/mol. The van der Waals surface area contributed by atoms with Crippen molar-refractivity contribution in [3.8, 4) is 11.5 Å². The first-order chi connectivity index (χ1) is 15.8. The van der Waals surface area contributed by atoms with Gasteiger partial charge in [-0.15, -0.1) is 0 Å². The number of rotatable bonds is 6. The molecule has 1 saturated heterocycles. The van der Waals surface area contributed by atoms with Crippen molar-refractivity contribution in [3.05, 3.63) is 53.6 Å². The maximum atomic E-state index is 13.1. The Morgan fingerprint density at radius 2 is 1.91 bits per heavy atom. The van der Waals surface area contributed by atoms with Crippen LogP contribution in [0.5, 0.6) is 11.5 Å². The topological polar surface area (TPSA) is 126 Å². The molecule has 1 atom stereocenters. The van der Waals surface area contributed by atoms with Gasteiger partial charge in [0.05, 0.1) is 0 Å². The molecule has 0 bridgehead atoms. The van der Waals surface area contributed by atoms with Crippen LogP contribution in [-0.2, 0) is 15.1 Å². The maximum absolute atomic E-state index is 13.1. The van der Waals surface area contributed by atoms with E-state index in [0.29, 0.717) is 28.3 Å². The average Bonchev–Trinajstić information content (AvgIpc) is 3.43. The van der Waals surface area contributed by atoms with Crippen LogP contribution in [0.3, 0.4) is 0 Å². The lowest BCUT2D eigenvalue weighted by Crippen LogP contribution is -2.42. The van der Waals surface area contributed by atoms with Gasteiger partial charge in [-0.1, -0.05) is 12.1 Å². The number of urea groups is 1. The van der Waals surface area contributed by atoms with Gasteiger partial charge in [0, 0.05) is 17.3 Å². The highest BCUT2D eigenvalue weighted by Gasteiger charge is 2.49. The number of amides is 5. The second-order valence-corrected chi connectivity index (χ2v) is 8.39. The van der Waals surface area contributed by atoms with Crippen molar-refractivity contribution in [2.45, 2.75) is 31.3 Å². The molecule has 10 nitrogen and oxygen atoms in total. The third-order valence-corrected chi connectivity index (χ3v) is 5.85. The Balaban J connectivity index is 1.26. The number of carbonyl (C=O) groups excluding carboxylic acids is 4. The number of hydrogen-bond acceptors (Lipinski definition) is 6. The fraction of sp³-hybridized carbons (Fsp3) is 0.304. The molecule has 2 heterocycles. The molecule has 0 radical (unpaired) electrons. The van der Waals surface area contributed by atoms with Crippen LogP contribution >= 0.6 is 0 Å². The molecule has 10 heteroatoms. The molecule has 170 valence electrons. The Morgan fingerprint density at radius 3 is 2.70 bits per heavy atom. The molecule has 2 fully saturated rings. The highest BCUT2D eigenvalue weighted by atomic mass is 16.7. The first kappa shape index (κ1) is 20.8. The van der Waals surface area contributed by atoms with E-state index in [9.17, 15) is 19.2 Å². The lowest BCUT2D eigenvalue weighted by atomic mass is 9.91. The largest absolute Gasteiger partial charge is 0.454 e. The van der Waals surface area contributed by atoms with E-state index in [0.717, 1.165) is 17.7 Å². The molecular formula is C23H22N4O6. The molecule has 3 aliphatic rings. The van der Waals surface area contributed by atoms with Gasteiger partial charge in [0.25, 0.3) is 11.8 Å². The molecule has 2 aliphatic heterocycles. The number of ether oxygens (including phenoxy) is 2. The van der Waals surface area contributed by atoms with Gasteiger partial charge in [-0.25, -0.2) is 4.79 Å². The third-order valence-electron chi connectivity index (χ3n) is 5.85. The van der Waals surface area contributed by atoms with Gasteiger partial charge in [0.1, 0.15) is 12.1 Å². The summed E-state index contributed by atoms with van der Waals surface area (Å²) in [6.07, 6.45) is 1.94. The quantitative estimate of drug-likeness (QED) is 0.576. The van der Waals surface area contributed by atoms with E-state index in [-0.39, 0.29) is 18.7 Å². The van der Waals surface area contributed by atoms with Crippen molar-refractivity contribution in [2.24, 2.45) is 0 Å². The van der Waals surface area contributed by atoms with Gasteiger partial charge >= 0.3 is 6.03 Å². The fourth-order valence-corrected chi connectivity index (χ4v) is 3.82. The molecule has 0 aromatic heterocycles. The minimum atomic E-state index is -1.35. The van der Waals surface area contributed by atoms with Crippen molar-refractivity contribution in [1.82, 2.24) is 15.5 Å². The zero-order valence-electron chi connectivity index (χ0n) is 17.8. The third kappa shape index (κ3) is 3.95. The van der Waals surface area contributed by atoms with Crippen LogP contribution in [0, 0.1) is 0 Å². The predicted molar refractivity (Wildman–Crippen MR) is 116 cm³/mol. The van der Waals surface area contributed by atoms with Crippen molar-refractivity contribution < 1.29 is 28.7 Å². The van der Waals surface area contributed by atoms with Gasteiger partial charge in [0.2, 0.25) is 12.7 Å². The summed E-state index contributed by atoms with van der Waals surface area (Å²) in [5.41, 5.74) is -0.0133. The summed E-state index contributed by atoms with van der Waals surface area (Å²) in [7, 11) is 0. The molecule has 5 amide bonds. The summed E-state index contributed by atoms with van der Waals surface area (Å²) in [5.74, 6) is -0.282. The highest BCUT2D eigenvalue weighted by Crippen LogP contribution is 2.37. The normalized spacial score (nSPS) is 21.1. The van der Waals surface area contributed by atoms with Crippen LogP contribution < -0.4 is 25.4 Å². The van der Waals surface area contributed by atoms with E-state index in [2.05, 4.69) is 16.0 Å². The zero-order chi connectivity index (χ0) is 23.2. The smallest absolute Gasteiger partial charge is 0.325 e. The maximum Gasteiger partial charge on any atom is 0.325 e. The number of benzene rings is 2. The van der Waals surface area contributed by atoms with Crippen LogP contribution in [-0.4, -0.2) is 48.0 Å². The van der Waals surface area contributed by atoms with Gasteiger partial charge in [-0.05, 0) is 55.7 Å². The Bertz CT molecular complexity index is 1180. The number of nitrogens with zero attached hydrogens (tertiary/aromatic N) is 1. The standard InChI is InChI=1S/C23H22N4O6/c1-23(14-5-8-17-18(10-14)33-12-32-17)21(30)27(22(31)26-23)11-19(28)24-16-4-2-3-13(9-16)20(29)25-15-6-7-15/h2-5,8-10,15H,6-7,11-12H2,1H3,(H,24,28)(H,25,29)(H,26,31)/t23-/m0/s1. The first-order valence-corrected chi connectivity index (χ1v) is 10.6. The second kappa shape index (κ2) is 7.80. The van der Waals surface area contributed by atoms with Crippen molar-refractivity contribution in [1.29, 1.82) is 0 Å². The molecule has 1 aliphatic carbocycles. The Kier molecular flexibility index (Phi) is 4.92. The van der Waals surface area contributed by atoms with Crippen LogP contribution in [0.15, 0.2) is 42.5 Å². The molecule has 0 unspecified atom stereocenters. The SMILES string of the molecule is C[C@@]1(c2ccc3c(c2)OCO3)NC(=O)N(CC(=O)Nc2cccc(C(=O)NC3CC3)c2)C1=O. The highest BCUT2D eigenvalue weighted by molar-refractivity contribution is 6.10.